The molecule has 1 aromatic heterocycles. The van der Waals surface area contributed by atoms with Gasteiger partial charge in [0.05, 0.1) is 12.8 Å². The summed E-state index contributed by atoms with van der Waals surface area (Å²) in [5.41, 5.74) is 6.27. The quantitative estimate of drug-likeness (QED) is 0.720. The minimum atomic E-state index is 0.102. The van der Waals surface area contributed by atoms with Gasteiger partial charge in [-0.2, -0.15) is 0 Å². The largest absolute Gasteiger partial charge is 0.492 e. The van der Waals surface area contributed by atoms with E-state index in [0.717, 1.165) is 19.3 Å². The van der Waals surface area contributed by atoms with Crippen LogP contribution in [0.4, 0.5) is 0 Å². The summed E-state index contributed by atoms with van der Waals surface area (Å²) in [4.78, 5) is 15.9. The molecule has 0 saturated carbocycles. The van der Waals surface area contributed by atoms with Crippen molar-refractivity contribution in [3.8, 4) is 5.75 Å². The van der Waals surface area contributed by atoms with E-state index in [4.69, 9.17) is 10.5 Å². The smallest absolute Gasteiger partial charge is 0.164 e. The van der Waals surface area contributed by atoms with Crippen LogP contribution in [0.2, 0.25) is 0 Å². The number of hydrogen-bond acceptors (Lipinski definition) is 4. The highest BCUT2D eigenvalue weighted by Gasteiger charge is 2.08. The second-order valence-electron chi connectivity index (χ2n) is 4.55. The fraction of sp³-hybridized carbons (Fsp3) is 0.571. The van der Waals surface area contributed by atoms with Crippen molar-refractivity contribution in [2.24, 2.45) is 5.73 Å². The van der Waals surface area contributed by atoms with Crippen molar-refractivity contribution in [3.05, 3.63) is 24.0 Å². The van der Waals surface area contributed by atoms with Crippen molar-refractivity contribution < 1.29 is 9.53 Å². The highest BCUT2D eigenvalue weighted by molar-refractivity contribution is 5.96. The third-order valence-corrected chi connectivity index (χ3v) is 2.57. The summed E-state index contributed by atoms with van der Waals surface area (Å²) in [5.74, 6) is 0.764. The van der Waals surface area contributed by atoms with E-state index in [1.807, 2.05) is 13.8 Å². The molecule has 0 aliphatic carbocycles. The summed E-state index contributed by atoms with van der Waals surface area (Å²) >= 11 is 0. The molecule has 0 spiro atoms. The summed E-state index contributed by atoms with van der Waals surface area (Å²) in [6, 6.07) is 1.91. The van der Waals surface area contributed by atoms with Gasteiger partial charge < -0.3 is 10.5 Å². The van der Waals surface area contributed by atoms with Gasteiger partial charge in [0.2, 0.25) is 0 Å². The maximum atomic E-state index is 11.9. The molecule has 100 valence electrons. The second-order valence-corrected chi connectivity index (χ2v) is 4.55. The maximum Gasteiger partial charge on any atom is 0.164 e. The Kier molecular flexibility index (Phi) is 6.36. The summed E-state index contributed by atoms with van der Waals surface area (Å²) in [5, 5.41) is 0. The Hall–Kier alpha value is -1.42. The van der Waals surface area contributed by atoms with Gasteiger partial charge in [0.1, 0.15) is 5.75 Å². The standard InChI is InChI=1S/C14H22N2O2/c1-3-7-18-13-8-12(9-16-10-13)14(17)6-4-5-11(2)15/h8-11H,3-7,15H2,1-2H3. The molecule has 0 aromatic carbocycles. The monoisotopic (exact) mass is 250 g/mol. The van der Waals surface area contributed by atoms with Crippen LogP contribution < -0.4 is 10.5 Å². The molecular weight excluding hydrogens is 228 g/mol. The van der Waals surface area contributed by atoms with Crippen LogP contribution in [-0.2, 0) is 0 Å². The lowest BCUT2D eigenvalue weighted by atomic mass is 10.1. The van der Waals surface area contributed by atoms with Crippen molar-refractivity contribution >= 4 is 5.78 Å². The SMILES string of the molecule is CCCOc1cncc(C(=O)CCCC(C)N)c1. The van der Waals surface area contributed by atoms with Gasteiger partial charge in [0, 0.05) is 24.2 Å². The molecule has 18 heavy (non-hydrogen) atoms. The highest BCUT2D eigenvalue weighted by atomic mass is 16.5. The first-order chi connectivity index (χ1) is 8.63. The van der Waals surface area contributed by atoms with Crippen LogP contribution in [0.15, 0.2) is 18.5 Å². The predicted octanol–water partition coefficient (Wildman–Crippen LogP) is 2.57. The number of ether oxygens (including phenoxy) is 1. The Balaban J connectivity index is 2.51. The van der Waals surface area contributed by atoms with Crippen molar-refractivity contribution in [1.29, 1.82) is 0 Å². The normalized spacial score (nSPS) is 12.2. The van der Waals surface area contributed by atoms with Crippen LogP contribution in [0, 0.1) is 0 Å². The molecule has 1 rings (SSSR count). The number of rotatable bonds is 8. The van der Waals surface area contributed by atoms with Gasteiger partial charge >= 0.3 is 0 Å². The fourth-order valence-electron chi connectivity index (χ4n) is 1.60. The third-order valence-electron chi connectivity index (χ3n) is 2.57. The lowest BCUT2D eigenvalue weighted by Crippen LogP contribution is -2.14. The molecular formula is C14H22N2O2. The van der Waals surface area contributed by atoms with Gasteiger partial charge in [0.25, 0.3) is 0 Å². The van der Waals surface area contributed by atoms with Crippen LogP contribution in [-0.4, -0.2) is 23.4 Å². The van der Waals surface area contributed by atoms with E-state index in [2.05, 4.69) is 4.98 Å². The first-order valence-corrected chi connectivity index (χ1v) is 6.50. The van der Waals surface area contributed by atoms with E-state index in [-0.39, 0.29) is 11.8 Å². The number of carbonyl (C=O) groups excluding carboxylic acids is 1. The van der Waals surface area contributed by atoms with Gasteiger partial charge in [-0.3, -0.25) is 9.78 Å². The second kappa shape index (κ2) is 7.82. The highest BCUT2D eigenvalue weighted by Crippen LogP contribution is 2.14. The van der Waals surface area contributed by atoms with Crippen LogP contribution in [0.3, 0.4) is 0 Å². The van der Waals surface area contributed by atoms with Gasteiger partial charge in [-0.25, -0.2) is 0 Å². The Morgan fingerprint density at radius 1 is 1.50 bits per heavy atom. The molecule has 4 nitrogen and oxygen atoms in total. The molecule has 0 amide bonds. The van der Waals surface area contributed by atoms with Crippen LogP contribution in [0.5, 0.6) is 5.75 Å². The molecule has 1 aromatic rings. The third kappa shape index (κ3) is 5.27. The summed E-state index contributed by atoms with van der Waals surface area (Å²) < 4.78 is 5.45. The molecule has 0 aliphatic heterocycles. The molecule has 1 heterocycles. The van der Waals surface area contributed by atoms with Crippen molar-refractivity contribution in [2.75, 3.05) is 6.61 Å². The van der Waals surface area contributed by atoms with Crippen molar-refractivity contribution in [3.63, 3.8) is 0 Å². The maximum absolute atomic E-state index is 11.9. The average Bonchev–Trinajstić information content (AvgIpc) is 2.36. The molecule has 0 bridgehead atoms. The molecule has 1 atom stereocenters. The van der Waals surface area contributed by atoms with Crippen LogP contribution in [0.1, 0.15) is 49.9 Å². The van der Waals surface area contributed by atoms with E-state index in [1.54, 1.807) is 18.5 Å². The van der Waals surface area contributed by atoms with E-state index in [1.165, 1.54) is 0 Å². The molecule has 0 fully saturated rings. The lowest BCUT2D eigenvalue weighted by Gasteiger charge is -2.06. The zero-order chi connectivity index (χ0) is 13.4. The molecule has 1 unspecified atom stereocenters. The number of carbonyl (C=O) groups is 1. The van der Waals surface area contributed by atoms with Gasteiger partial charge in [0.15, 0.2) is 5.78 Å². The Morgan fingerprint density at radius 3 is 2.94 bits per heavy atom. The van der Waals surface area contributed by atoms with Crippen molar-refractivity contribution in [1.82, 2.24) is 4.98 Å². The summed E-state index contributed by atoms with van der Waals surface area (Å²) in [6.45, 7) is 4.63. The number of nitrogens with two attached hydrogens (primary N) is 1. The first kappa shape index (κ1) is 14.6. The van der Waals surface area contributed by atoms with Crippen LogP contribution >= 0.6 is 0 Å². The average molecular weight is 250 g/mol. The molecule has 4 heteroatoms. The number of Topliss-reactive ketones (excluding diaryl/α,β-unsaturated/α-hetero) is 1. The molecule has 0 aliphatic rings. The Bertz CT molecular complexity index is 378. The number of pyridine rings is 1. The van der Waals surface area contributed by atoms with E-state index >= 15 is 0 Å². The number of hydrogen-bond donors (Lipinski definition) is 1. The summed E-state index contributed by atoms with van der Waals surface area (Å²) in [7, 11) is 0. The minimum Gasteiger partial charge on any atom is -0.492 e. The van der Waals surface area contributed by atoms with E-state index < -0.39 is 0 Å². The number of nitrogens with zero attached hydrogens (tertiary/aromatic N) is 1. The van der Waals surface area contributed by atoms with Crippen LogP contribution in [0.25, 0.3) is 0 Å². The lowest BCUT2D eigenvalue weighted by molar-refractivity contribution is 0.0978. The van der Waals surface area contributed by atoms with Gasteiger partial charge in [-0.15, -0.1) is 0 Å². The topological polar surface area (TPSA) is 65.2 Å². The fourth-order valence-corrected chi connectivity index (χ4v) is 1.60. The molecule has 0 saturated heterocycles. The van der Waals surface area contributed by atoms with Crippen molar-refractivity contribution in [2.45, 2.75) is 45.6 Å². The van der Waals surface area contributed by atoms with Gasteiger partial charge in [-0.1, -0.05) is 6.92 Å². The molecule has 2 N–H and O–H groups in total. The van der Waals surface area contributed by atoms with E-state index in [0.29, 0.717) is 24.3 Å². The Morgan fingerprint density at radius 2 is 2.28 bits per heavy atom. The Labute approximate surface area is 109 Å². The number of ketones is 1. The zero-order valence-electron chi connectivity index (χ0n) is 11.2. The predicted molar refractivity (Wildman–Crippen MR) is 71.9 cm³/mol. The summed E-state index contributed by atoms with van der Waals surface area (Å²) in [6.07, 6.45) is 6.36. The van der Waals surface area contributed by atoms with E-state index in [9.17, 15) is 4.79 Å². The first-order valence-electron chi connectivity index (χ1n) is 6.50. The molecule has 0 radical (unpaired) electrons. The minimum absolute atomic E-state index is 0.102. The van der Waals surface area contributed by atoms with Gasteiger partial charge in [-0.05, 0) is 32.3 Å². The zero-order valence-corrected chi connectivity index (χ0v) is 11.2. The number of aromatic nitrogens is 1.